The molecule has 0 aromatic carbocycles. The Morgan fingerprint density at radius 3 is 2.73 bits per heavy atom. The molecule has 3 aliphatic heterocycles. The van der Waals surface area contributed by atoms with Crippen LogP contribution in [0.15, 0.2) is 23.9 Å². The molecule has 2 nitrogen and oxygen atoms in total. The van der Waals surface area contributed by atoms with E-state index in [2.05, 4.69) is 28.4 Å². The summed E-state index contributed by atoms with van der Waals surface area (Å²) < 4.78 is 0. The van der Waals surface area contributed by atoms with Gasteiger partial charge in [0.15, 0.2) is 0 Å². The Balaban J connectivity index is 1.63. The van der Waals surface area contributed by atoms with Crippen LogP contribution in [0.25, 0.3) is 0 Å². The lowest BCUT2D eigenvalue weighted by molar-refractivity contribution is 0.0768. The third kappa shape index (κ3) is 1.96. The van der Waals surface area contributed by atoms with Crippen LogP contribution in [0.1, 0.15) is 25.7 Å². The number of rotatable bonds is 2. The average molecular weight is 204 g/mol. The molecule has 1 aliphatic carbocycles. The van der Waals surface area contributed by atoms with Gasteiger partial charge in [0.1, 0.15) is 0 Å². The maximum absolute atomic E-state index is 3.76. The lowest BCUT2D eigenvalue weighted by Gasteiger charge is -2.45. The smallest absolute Gasteiger partial charge is 0.0414 e. The van der Waals surface area contributed by atoms with E-state index in [1.807, 2.05) is 0 Å². The molecule has 2 heteroatoms. The maximum atomic E-state index is 3.76. The fourth-order valence-corrected chi connectivity index (χ4v) is 3.09. The number of allylic oxidation sites excluding steroid dienone is 4. The van der Waals surface area contributed by atoms with Gasteiger partial charge in [0.2, 0.25) is 0 Å². The number of fused-ring (bicyclic) bond motifs is 3. The second-order valence-corrected chi connectivity index (χ2v) is 5.05. The highest BCUT2D eigenvalue weighted by molar-refractivity contribution is 5.17. The summed E-state index contributed by atoms with van der Waals surface area (Å²) in [5.74, 6) is 0.932. The SMILES string of the molecule is C1=CCCC(N[C@H]2CN3CCC2CC3)=C1. The van der Waals surface area contributed by atoms with E-state index in [4.69, 9.17) is 0 Å². The van der Waals surface area contributed by atoms with E-state index in [9.17, 15) is 0 Å². The summed E-state index contributed by atoms with van der Waals surface area (Å²) in [5, 5.41) is 3.76. The predicted octanol–water partition coefficient (Wildman–Crippen LogP) is 1.90. The molecule has 4 aliphatic rings. The minimum atomic E-state index is 0.727. The van der Waals surface area contributed by atoms with Crippen molar-refractivity contribution in [2.75, 3.05) is 19.6 Å². The summed E-state index contributed by atoms with van der Waals surface area (Å²) in [5.41, 5.74) is 1.45. The van der Waals surface area contributed by atoms with Crippen LogP contribution in [0.5, 0.6) is 0 Å². The van der Waals surface area contributed by atoms with Crippen LogP contribution >= 0.6 is 0 Å². The fraction of sp³-hybridized carbons (Fsp3) is 0.692. The fourth-order valence-electron chi connectivity index (χ4n) is 3.09. The first-order valence-corrected chi connectivity index (χ1v) is 6.26. The largest absolute Gasteiger partial charge is 0.384 e. The molecule has 0 amide bonds. The second kappa shape index (κ2) is 4.01. The molecule has 0 radical (unpaired) electrons. The second-order valence-electron chi connectivity index (χ2n) is 5.05. The van der Waals surface area contributed by atoms with E-state index < -0.39 is 0 Å². The molecule has 0 saturated carbocycles. The lowest BCUT2D eigenvalue weighted by atomic mass is 9.84. The maximum Gasteiger partial charge on any atom is 0.0414 e. The van der Waals surface area contributed by atoms with E-state index in [0.29, 0.717) is 0 Å². The first-order chi connectivity index (χ1) is 7.42. The molecule has 3 fully saturated rings. The third-order valence-electron chi connectivity index (χ3n) is 4.04. The van der Waals surface area contributed by atoms with Gasteiger partial charge < -0.3 is 10.2 Å². The van der Waals surface area contributed by atoms with Gasteiger partial charge in [-0.2, -0.15) is 0 Å². The highest BCUT2D eigenvalue weighted by Gasteiger charge is 2.34. The van der Waals surface area contributed by atoms with Crippen molar-refractivity contribution in [3.63, 3.8) is 0 Å². The van der Waals surface area contributed by atoms with Crippen molar-refractivity contribution < 1.29 is 0 Å². The van der Waals surface area contributed by atoms with Crippen molar-refractivity contribution >= 4 is 0 Å². The Hall–Kier alpha value is -0.760. The normalized spacial score (nSPS) is 38.9. The van der Waals surface area contributed by atoms with E-state index in [0.717, 1.165) is 12.0 Å². The van der Waals surface area contributed by atoms with E-state index in [1.54, 1.807) is 0 Å². The molecule has 1 atom stereocenters. The Kier molecular flexibility index (Phi) is 2.53. The molecule has 0 spiro atoms. The Bertz CT molecular complexity index is 285. The summed E-state index contributed by atoms with van der Waals surface area (Å²) in [7, 11) is 0. The summed E-state index contributed by atoms with van der Waals surface area (Å²) >= 11 is 0. The van der Waals surface area contributed by atoms with Gasteiger partial charge in [-0.15, -0.1) is 0 Å². The molecular weight excluding hydrogens is 184 g/mol. The van der Waals surface area contributed by atoms with Gasteiger partial charge in [-0.3, -0.25) is 0 Å². The van der Waals surface area contributed by atoms with Crippen molar-refractivity contribution in [3.8, 4) is 0 Å². The van der Waals surface area contributed by atoms with Gasteiger partial charge in [-0.05, 0) is 50.8 Å². The van der Waals surface area contributed by atoms with Crippen LogP contribution in [0.4, 0.5) is 0 Å². The van der Waals surface area contributed by atoms with Gasteiger partial charge in [-0.25, -0.2) is 0 Å². The molecule has 3 saturated heterocycles. The van der Waals surface area contributed by atoms with Crippen molar-refractivity contribution in [2.24, 2.45) is 5.92 Å². The number of hydrogen-bond acceptors (Lipinski definition) is 2. The molecular formula is C13H20N2. The van der Waals surface area contributed by atoms with E-state index >= 15 is 0 Å². The van der Waals surface area contributed by atoms with E-state index in [1.165, 1.54) is 51.0 Å². The van der Waals surface area contributed by atoms with Crippen molar-refractivity contribution in [1.82, 2.24) is 10.2 Å². The van der Waals surface area contributed by atoms with Gasteiger partial charge in [0.25, 0.3) is 0 Å². The number of hydrogen-bond donors (Lipinski definition) is 1. The molecule has 1 N–H and O–H groups in total. The van der Waals surface area contributed by atoms with Gasteiger partial charge in [0, 0.05) is 18.3 Å². The topological polar surface area (TPSA) is 15.3 Å². The molecule has 4 rings (SSSR count). The molecule has 2 bridgehead atoms. The van der Waals surface area contributed by atoms with E-state index in [-0.39, 0.29) is 0 Å². The minimum Gasteiger partial charge on any atom is -0.384 e. The van der Waals surface area contributed by atoms with Crippen LogP contribution < -0.4 is 5.32 Å². The summed E-state index contributed by atoms with van der Waals surface area (Å²) in [6.45, 7) is 3.94. The summed E-state index contributed by atoms with van der Waals surface area (Å²) in [6, 6.07) is 0.727. The van der Waals surface area contributed by atoms with Crippen molar-refractivity contribution in [3.05, 3.63) is 23.9 Å². The molecule has 15 heavy (non-hydrogen) atoms. The van der Waals surface area contributed by atoms with Crippen LogP contribution in [0.2, 0.25) is 0 Å². The lowest BCUT2D eigenvalue weighted by Crippen LogP contribution is -2.55. The van der Waals surface area contributed by atoms with Crippen LogP contribution in [-0.4, -0.2) is 30.6 Å². The number of nitrogens with one attached hydrogen (secondary N) is 1. The third-order valence-corrected chi connectivity index (χ3v) is 4.04. The zero-order chi connectivity index (χ0) is 10.1. The van der Waals surface area contributed by atoms with Crippen LogP contribution in [0.3, 0.4) is 0 Å². The zero-order valence-electron chi connectivity index (χ0n) is 9.28. The molecule has 82 valence electrons. The molecule has 3 heterocycles. The number of nitrogens with zero attached hydrogens (tertiary/aromatic N) is 1. The first-order valence-electron chi connectivity index (χ1n) is 6.26. The minimum absolute atomic E-state index is 0.727. The van der Waals surface area contributed by atoms with Crippen molar-refractivity contribution in [2.45, 2.75) is 31.7 Å². The quantitative estimate of drug-likeness (QED) is 0.739. The highest BCUT2D eigenvalue weighted by atomic mass is 15.2. The predicted molar refractivity (Wildman–Crippen MR) is 62.5 cm³/mol. The van der Waals surface area contributed by atoms with Gasteiger partial charge >= 0.3 is 0 Å². The standard InChI is InChI=1S/C13H20N2/c1-2-4-12(5-3-1)14-13-10-15-8-6-11(13)7-9-15/h1-2,4,11,13-14H,3,5-10H2/t13-/m0/s1. The molecule has 0 aromatic rings. The van der Waals surface area contributed by atoms with Crippen LogP contribution in [0, 0.1) is 5.92 Å². The molecule has 0 unspecified atom stereocenters. The first kappa shape index (κ1) is 9.46. The summed E-state index contributed by atoms with van der Waals surface area (Å²) in [6.07, 6.45) is 11.9. The Morgan fingerprint density at radius 2 is 2.13 bits per heavy atom. The molecule has 0 aromatic heterocycles. The average Bonchev–Trinajstić information content (AvgIpc) is 2.32. The number of piperidine rings is 3. The Labute approximate surface area is 92.0 Å². The Morgan fingerprint density at radius 1 is 1.27 bits per heavy atom. The highest BCUT2D eigenvalue weighted by Crippen LogP contribution is 2.28. The zero-order valence-corrected chi connectivity index (χ0v) is 9.28. The summed E-state index contributed by atoms with van der Waals surface area (Å²) in [4.78, 5) is 2.61. The van der Waals surface area contributed by atoms with Crippen LogP contribution in [-0.2, 0) is 0 Å². The van der Waals surface area contributed by atoms with Gasteiger partial charge in [-0.1, -0.05) is 12.2 Å². The monoisotopic (exact) mass is 204 g/mol. The van der Waals surface area contributed by atoms with Gasteiger partial charge in [0.05, 0.1) is 0 Å². The van der Waals surface area contributed by atoms with Crippen molar-refractivity contribution in [1.29, 1.82) is 0 Å².